The van der Waals surface area contributed by atoms with Crippen molar-refractivity contribution in [3.05, 3.63) is 39.9 Å². The molecule has 1 unspecified atom stereocenters. The predicted molar refractivity (Wildman–Crippen MR) is 106 cm³/mol. The molecule has 1 N–H and O–H groups in total. The Morgan fingerprint density at radius 1 is 1.31 bits per heavy atom. The molecule has 0 saturated carbocycles. The van der Waals surface area contributed by atoms with E-state index in [0.29, 0.717) is 18.1 Å². The molecule has 0 radical (unpaired) electrons. The molecule has 1 atom stereocenters. The number of anilines is 1. The second kappa shape index (κ2) is 8.26. The third-order valence-corrected chi connectivity index (χ3v) is 5.58. The number of aryl methyl sites for hydroxylation is 2. The molecule has 0 bridgehead atoms. The molecule has 140 valence electrons. The van der Waals surface area contributed by atoms with Gasteiger partial charge in [-0.1, -0.05) is 29.3 Å². The first kappa shape index (κ1) is 19.0. The van der Waals surface area contributed by atoms with Crippen LogP contribution in [0.25, 0.3) is 0 Å². The summed E-state index contributed by atoms with van der Waals surface area (Å²) in [7, 11) is 0. The maximum Gasteiger partial charge on any atom is 0.227 e. The van der Waals surface area contributed by atoms with E-state index in [4.69, 9.17) is 11.6 Å². The topological polar surface area (TPSA) is 49.4 Å². The summed E-state index contributed by atoms with van der Waals surface area (Å²) in [5.74, 6) is -0.369. The third kappa shape index (κ3) is 4.29. The van der Waals surface area contributed by atoms with Crippen LogP contribution in [0.4, 0.5) is 5.69 Å². The molecule has 1 aliphatic heterocycles. The highest BCUT2D eigenvalue weighted by atomic mass is 35.5. The predicted octanol–water partition coefficient (Wildman–Crippen LogP) is 4.32. The van der Waals surface area contributed by atoms with E-state index in [0.717, 1.165) is 36.1 Å². The highest BCUT2D eigenvalue weighted by molar-refractivity contribution is 6.34. The zero-order valence-electron chi connectivity index (χ0n) is 15.6. The van der Waals surface area contributed by atoms with Crippen LogP contribution in [0.15, 0.2) is 23.8 Å². The fourth-order valence-electron chi connectivity index (χ4n) is 3.97. The highest BCUT2D eigenvalue weighted by Gasteiger charge is 2.36. The molecular formula is C21H27ClN2O2. The summed E-state index contributed by atoms with van der Waals surface area (Å²) in [6, 6.07) is 3.88. The molecule has 1 aliphatic carbocycles. The van der Waals surface area contributed by atoms with Gasteiger partial charge >= 0.3 is 0 Å². The molecule has 1 fully saturated rings. The normalized spacial score (nSPS) is 20.3. The summed E-state index contributed by atoms with van der Waals surface area (Å²) < 4.78 is 0. The van der Waals surface area contributed by atoms with Crippen LogP contribution in [0.5, 0.6) is 0 Å². The zero-order valence-corrected chi connectivity index (χ0v) is 16.4. The van der Waals surface area contributed by atoms with E-state index in [9.17, 15) is 9.59 Å². The number of amides is 2. The van der Waals surface area contributed by atoms with Gasteiger partial charge in [0.1, 0.15) is 0 Å². The Balaban J connectivity index is 1.59. The van der Waals surface area contributed by atoms with Crippen LogP contribution in [0.3, 0.4) is 0 Å². The van der Waals surface area contributed by atoms with Crippen molar-refractivity contribution < 1.29 is 9.59 Å². The second-order valence-corrected chi connectivity index (χ2v) is 7.87. The van der Waals surface area contributed by atoms with Gasteiger partial charge in [-0.2, -0.15) is 0 Å². The summed E-state index contributed by atoms with van der Waals surface area (Å²) in [5, 5.41) is 3.58. The Morgan fingerprint density at radius 3 is 2.81 bits per heavy atom. The fraction of sp³-hybridized carbons (Fsp3) is 0.524. The van der Waals surface area contributed by atoms with Gasteiger partial charge in [-0.25, -0.2) is 0 Å². The first-order valence-corrected chi connectivity index (χ1v) is 9.86. The average molecular weight is 375 g/mol. The molecule has 1 saturated heterocycles. The minimum absolute atomic E-state index is 0.0295. The first-order valence-electron chi connectivity index (χ1n) is 9.48. The molecule has 0 spiro atoms. The number of carbonyl (C=O) groups is 2. The Hall–Kier alpha value is -1.81. The Kier molecular flexibility index (Phi) is 6.02. The van der Waals surface area contributed by atoms with Crippen LogP contribution in [0.1, 0.15) is 49.7 Å². The van der Waals surface area contributed by atoms with E-state index in [1.54, 1.807) is 4.90 Å². The Bertz CT molecular complexity index is 719. The van der Waals surface area contributed by atoms with Gasteiger partial charge in [0, 0.05) is 19.5 Å². The summed E-state index contributed by atoms with van der Waals surface area (Å²) in [5.41, 5.74) is 4.22. The smallest absolute Gasteiger partial charge is 0.227 e. The zero-order chi connectivity index (χ0) is 18.7. The first-order chi connectivity index (χ1) is 12.5. The monoisotopic (exact) mass is 374 g/mol. The largest absolute Gasteiger partial charge is 0.355 e. The number of allylic oxidation sites excluding steroid dienone is 1. The molecule has 1 aromatic rings. The number of carbonyl (C=O) groups excluding carboxylic acids is 2. The lowest BCUT2D eigenvalue weighted by atomic mass is 9.97. The molecule has 0 aromatic heterocycles. The summed E-state index contributed by atoms with van der Waals surface area (Å²) >= 11 is 6.38. The lowest BCUT2D eigenvalue weighted by Crippen LogP contribution is -2.34. The van der Waals surface area contributed by atoms with Crippen molar-refractivity contribution in [1.82, 2.24) is 5.32 Å². The standard InChI is InChI=1S/C21H27ClN2O2/c1-14-10-15(2)20(18(22)11-14)24-13-17(12-19(24)25)21(26)23-9-8-16-6-4-3-5-7-16/h6,10-11,17H,3-5,7-9,12-13H2,1-2H3,(H,23,26). The average Bonchev–Trinajstić information content (AvgIpc) is 2.97. The third-order valence-electron chi connectivity index (χ3n) is 5.29. The van der Waals surface area contributed by atoms with Gasteiger partial charge in [0.25, 0.3) is 0 Å². The summed E-state index contributed by atoms with van der Waals surface area (Å²) in [4.78, 5) is 26.6. The van der Waals surface area contributed by atoms with Crippen LogP contribution in [0.2, 0.25) is 5.02 Å². The quantitative estimate of drug-likeness (QED) is 0.780. The van der Waals surface area contributed by atoms with Gasteiger partial charge in [-0.15, -0.1) is 0 Å². The van der Waals surface area contributed by atoms with Crippen molar-refractivity contribution in [3.8, 4) is 0 Å². The van der Waals surface area contributed by atoms with Crippen molar-refractivity contribution in [2.24, 2.45) is 5.92 Å². The van der Waals surface area contributed by atoms with Crippen molar-refractivity contribution >= 4 is 29.1 Å². The number of halogens is 1. The maximum atomic E-state index is 12.5. The molecular weight excluding hydrogens is 348 g/mol. The van der Waals surface area contributed by atoms with Crippen LogP contribution in [-0.2, 0) is 9.59 Å². The number of hydrogen-bond acceptors (Lipinski definition) is 2. The van der Waals surface area contributed by atoms with E-state index in [2.05, 4.69) is 11.4 Å². The summed E-state index contributed by atoms with van der Waals surface area (Å²) in [6.07, 6.45) is 8.30. The lowest BCUT2D eigenvalue weighted by molar-refractivity contribution is -0.126. The van der Waals surface area contributed by atoms with Crippen LogP contribution in [0, 0.1) is 19.8 Å². The molecule has 1 heterocycles. The van der Waals surface area contributed by atoms with E-state index < -0.39 is 0 Å². The molecule has 2 amide bonds. The van der Waals surface area contributed by atoms with E-state index in [1.165, 1.54) is 18.4 Å². The van der Waals surface area contributed by atoms with Crippen molar-refractivity contribution in [3.63, 3.8) is 0 Å². The van der Waals surface area contributed by atoms with Gasteiger partial charge < -0.3 is 10.2 Å². The number of hydrogen-bond donors (Lipinski definition) is 1. The molecule has 1 aromatic carbocycles. The van der Waals surface area contributed by atoms with Gasteiger partial charge in [0.15, 0.2) is 0 Å². The molecule has 3 rings (SSSR count). The van der Waals surface area contributed by atoms with Crippen LogP contribution >= 0.6 is 11.6 Å². The van der Waals surface area contributed by atoms with Gasteiger partial charge in [0.05, 0.1) is 16.6 Å². The van der Waals surface area contributed by atoms with Crippen molar-refractivity contribution in [1.29, 1.82) is 0 Å². The molecule has 26 heavy (non-hydrogen) atoms. The second-order valence-electron chi connectivity index (χ2n) is 7.47. The van der Waals surface area contributed by atoms with E-state index in [-0.39, 0.29) is 24.2 Å². The lowest BCUT2D eigenvalue weighted by Gasteiger charge is -2.21. The number of benzene rings is 1. The molecule has 4 nitrogen and oxygen atoms in total. The number of nitrogens with one attached hydrogen (secondary N) is 1. The number of nitrogens with zero attached hydrogens (tertiary/aromatic N) is 1. The van der Waals surface area contributed by atoms with Crippen molar-refractivity contribution in [2.75, 3.05) is 18.0 Å². The Morgan fingerprint density at radius 2 is 2.12 bits per heavy atom. The molecule has 2 aliphatic rings. The van der Waals surface area contributed by atoms with Crippen molar-refractivity contribution in [2.45, 2.75) is 52.4 Å². The van der Waals surface area contributed by atoms with Crippen LogP contribution in [-0.4, -0.2) is 24.9 Å². The maximum absolute atomic E-state index is 12.5. The van der Waals surface area contributed by atoms with Crippen LogP contribution < -0.4 is 10.2 Å². The van der Waals surface area contributed by atoms with Gasteiger partial charge in [-0.3, -0.25) is 9.59 Å². The van der Waals surface area contributed by atoms with E-state index in [1.807, 2.05) is 26.0 Å². The highest BCUT2D eigenvalue weighted by Crippen LogP contribution is 2.35. The Labute approximate surface area is 160 Å². The van der Waals surface area contributed by atoms with Gasteiger partial charge in [0.2, 0.25) is 11.8 Å². The molecule has 5 heteroatoms. The fourth-order valence-corrected chi connectivity index (χ4v) is 4.39. The number of rotatable bonds is 5. The minimum atomic E-state index is -0.306. The van der Waals surface area contributed by atoms with E-state index >= 15 is 0 Å². The minimum Gasteiger partial charge on any atom is -0.355 e. The summed E-state index contributed by atoms with van der Waals surface area (Å²) in [6.45, 7) is 4.98. The SMILES string of the molecule is Cc1cc(C)c(N2CC(C(=O)NCCC3=CCCCC3)CC2=O)c(Cl)c1. The van der Waals surface area contributed by atoms with Gasteiger partial charge in [-0.05, 0) is 63.1 Å².